The van der Waals surface area contributed by atoms with Crippen LogP contribution < -0.4 is 5.32 Å². The SMILES string of the molecule is Cc1cnc(CN(C)C(=O)NC[C@H](c2ccc(Cl)cc2)N2CCCC2)[nH]1. The Kier molecular flexibility index (Phi) is 6.16. The first-order valence-corrected chi connectivity index (χ1v) is 9.39. The van der Waals surface area contributed by atoms with Gasteiger partial charge in [0.1, 0.15) is 5.82 Å². The molecule has 0 radical (unpaired) electrons. The Morgan fingerprint density at radius 3 is 2.65 bits per heavy atom. The van der Waals surface area contributed by atoms with Crippen molar-refractivity contribution in [1.82, 2.24) is 25.1 Å². The number of benzene rings is 1. The Labute approximate surface area is 159 Å². The van der Waals surface area contributed by atoms with E-state index in [0.29, 0.717) is 13.1 Å². The average molecular weight is 376 g/mol. The van der Waals surface area contributed by atoms with Gasteiger partial charge in [-0.3, -0.25) is 4.90 Å². The van der Waals surface area contributed by atoms with E-state index < -0.39 is 0 Å². The number of hydrogen-bond acceptors (Lipinski definition) is 3. The maximum Gasteiger partial charge on any atom is 0.317 e. The third-order valence-electron chi connectivity index (χ3n) is 4.77. The van der Waals surface area contributed by atoms with Crippen LogP contribution >= 0.6 is 11.6 Å². The summed E-state index contributed by atoms with van der Waals surface area (Å²) in [6.45, 7) is 5.09. The first-order valence-electron chi connectivity index (χ1n) is 9.02. The Morgan fingerprint density at radius 1 is 1.35 bits per heavy atom. The lowest BCUT2D eigenvalue weighted by Gasteiger charge is -2.29. The number of urea groups is 1. The highest BCUT2D eigenvalue weighted by Gasteiger charge is 2.24. The molecule has 2 N–H and O–H groups in total. The molecule has 1 fully saturated rings. The topological polar surface area (TPSA) is 64.3 Å². The highest BCUT2D eigenvalue weighted by molar-refractivity contribution is 6.30. The molecule has 140 valence electrons. The Morgan fingerprint density at radius 2 is 2.04 bits per heavy atom. The van der Waals surface area contributed by atoms with Crippen molar-refractivity contribution >= 4 is 17.6 Å². The zero-order chi connectivity index (χ0) is 18.5. The molecular weight excluding hydrogens is 350 g/mol. The van der Waals surface area contributed by atoms with Crippen molar-refractivity contribution in [1.29, 1.82) is 0 Å². The number of hydrogen-bond donors (Lipinski definition) is 2. The van der Waals surface area contributed by atoms with Crippen molar-refractivity contribution in [3.63, 3.8) is 0 Å². The van der Waals surface area contributed by atoms with Crippen LogP contribution in [-0.4, -0.2) is 52.5 Å². The molecule has 0 aliphatic carbocycles. The molecular formula is C19H26ClN5O. The summed E-state index contributed by atoms with van der Waals surface area (Å²) in [4.78, 5) is 24.0. The summed E-state index contributed by atoms with van der Waals surface area (Å²) >= 11 is 6.02. The maximum absolute atomic E-state index is 12.5. The van der Waals surface area contributed by atoms with Gasteiger partial charge in [-0.05, 0) is 50.6 Å². The predicted molar refractivity (Wildman–Crippen MR) is 103 cm³/mol. The third kappa shape index (κ3) is 4.77. The summed E-state index contributed by atoms with van der Waals surface area (Å²) in [6.07, 6.45) is 4.18. The van der Waals surface area contributed by atoms with Gasteiger partial charge in [-0.25, -0.2) is 9.78 Å². The Bertz CT molecular complexity index is 724. The van der Waals surface area contributed by atoms with Gasteiger partial charge in [-0.15, -0.1) is 0 Å². The fraction of sp³-hybridized carbons (Fsp3) is 0.474. The molecule has 1 aliphatic rings. The Balaban J connectivity index is 1.61. The highest BCUT2D eigenvalue weighted by Crippen LogP contribution is 2.25. The molecule has 1 saturated heterocycles. The van der Waals surface area contributed by atoms with Gasteiger partial charge in [0.15, 0.2) is 0 Å². The van der Waals surface area contributed by atoms with Gasteiger partial charge in [-0.1, -0.05) is 23.7 Å². The number of likely N-dealkylation sites (tertiary alicyclic amines) is 1. The number of aromatic nitrogens is 2. The van der Waals surface area contributed by atoms with Crippen LogP contribution in [0.2, 0.25) is 5.02 Å². The summed E-state index contributed by atoms with van der Waals surface area (Å²) in [5, 5.41) is 3.80. The van der Waals surface area contributed by atoms with Crippen molar-refractivity contribution in [3.8, 4) is 0 Å². The molecule has 6 nitrogen and oxygen atoms in total. The van der Waals surface area contributed by atoms with Gasteiger partial charge >= 0.3 is 6.03 Å². The minimum absolute atomic E-state index is 0.0998. The molecule has 0 bridgehead atoms. The van der Waals surface area contributed by atoms with Gasteiger partial charge in [0.25, 0.3) is 0 Å². The molecule has 1 atom stereocenters. The van der Waals surface area contributed by atoms with Crippen molar-refractivity contribution in [2.75, 3.05) is 26.7 Å². The van der Waals surface area contributed by atoms with Gasteiger partial charge in [0.05, 0.1) is 12.6 Å². The molecule has 1 aromatic carbocycles. The normalized spacial score (nSPS) is 15.8. The lowest BCUT2D eigenvalue weighted by Crippen LogP contribution is -2.42. The number of imidazole rings is 1. The van der Waals surface area contributed by atoms with Crippen molar-refractivity contribution in [2.45, 2.75) is 32.4 Å². The minimum atomic E-state index is -0.0998. The predicted octanol–water partition coefficient (Wildman–Crippen LogP) is 3.35. The third-order valence-corrected chi connectivity index (χ3v) is 5.02. The lowest BCUT2D eigenvalue weighted by molar-refractivity contribution is 0.194. The monoisotopic (exact) mass is 375 g/mol. The van der Waals surface area contributed by atoms with Crippen LogP contribution in [0.1, 0.15) is 36.0 Å². The smallest absolute Gasteiger partial charge is 0.317 e. The van der Waals surface area contributed by atoms with E-state index >= 15 is 0 Å². The van der Waals surface area contributed by atoms with E-state index in [4.69, 9.17) is 11.6 Å². The summed E-state index contributed by atoms with van der Waals surface area (Å²) in [7, 11) is 1.78. The number of nitrogens with zero attached hydrogens (tertiary/aromatic N) is 3. The van der Waals surface area contributed by atoms with Gasteiger partial charge in [0, 0.05) is 30.5 Å². The standard InChI is InChI=1S/C19H26ClN5O/c1-14-11-21-18(23-14)13-24(2)19(26)22-12-17(25-9-3-4-10-25)15-5-7-16(20)8-6-15/h5-8,11,17H,3-4,9-10,12-13H2,1-2H3,(H,21,23)(H,22,26)/t17-/m1/s1. The van der Waals surface area contributed by atoms with Crippen LogP contribution in [0.3, 0.4) is 0 Å². The quantitative estimate of drug-likeness (QED) is 0.813. The molecule has 0 unspecified atom stereocenters. The first-order chi connectivity index (χ1) is 12.5. The molecule has 3 rings (SSSR count). The number of H-pyrrole nitrogens is 1. The second-order valence-corrected chi connectivity index (χ2v) is 7.30. The minimum Gasteiger partial charge on any atom is -0.345 e. The van der Waals surface area contributed by atoms with E-state index in [0.717, 1.165) is 29.6 Å². The van der Waals surface area contributed by atoms with Crippen molar-refractivity contribution in [2.24, 2.45) is 0 Å². The van der Waals surface area contributed by atoms with Gasteiger partial charge in [0.2, 0.25) is 0 Å². The fourth-order valence-electron chi connectivity index (χ4n) is 3.36. The first kappa shape index (κ1) is 18.7. The van der Waals surface area contributed by atoms with Crippen molar-refractivity contribution in [3.05, 3.63) is 52.6 Å². The van der Waals surface area contributed by atoms with E-state index in [9.17, 15) is 4.79 Å². The second kappa shape index (κ2) is 8.56. The van der Waals surface area contributed by atoms with E-state index in [1.54, 1.807) is 18.1 Å². The van der Waals surface area contributed by atoms with Crippen LogP contribution in [0.5, 0.6) is 0 Å². The molecule has 7 heteroatoms. The molecule has 1 aliphatic heterocycles. The van der Waals surface area contributed by atoms with Crippen LogP contribution in [0.4, 0.5) is 4.79 Å². The van der Waals surface area contributed by atoms with Gasteiger partial charge in [-0.2, -0.15) is 0 Å². The molecule has 26 heavy (non-hydrogen) atoms. The van der Waals surface area contributed by atoms with Crippen LogP contribution in [-0.2, 0) is 6.54 Å². The second-order valence-electron chi connectivity index (χ2n) is 6.87. The largest absolute Gasteiger partial charge is 0.345 e. The maximum atomic E-state index is 12.5. The number of aromatic amines is 1. The molecule has 2 amide bonds. The average Bonchev–Trinajstić information content (AvgIpc) is 3.28. The van der Waals surface area contributed by atoms with Crippen LogP contribution in [0, 0.1) is 6.92 Å². The summed E-state index contributed by atoms with van der Waals surface area (Å²) in [6, 6.07) is 7.98. The summed E-state index contributed by atoms with van der Waals surface area (Å²) in [5.74, 6) is 0.786. The van der Waals surface area contributed by atoms with Gasteiger partial charge < -0.3 is 15.2 Å². The highest BCUT2D eigenvalue weighted by atomic mass is 35.5. The van der Waals surface area contributed by atoms with Crippen LogP contribution in [0.15, 0.2) is 30.5 Å². The number of halogens is 1. The zero-order valence-corrected chi connectivity index (χ0v) is 16.1. The number of amides is 2. The molecule has 1 aromatic heterocycles. The van der Waals surface area contributed by atoms with E-state index in [2.05, 4.69) is 20.2 Å². The van der Waals surface area contributed by atoms with E-state index in [1.165, 1.54) is 18.4 Å². The number of aryl methyl sites for hydroxylation is 1. The number of carbonyl (C=O) groups is 1. The summed E-state index contributed by atoms with van der Waals surface area (Å²) in [5.41, 5.74) is 2.17. The van der Waals surface area contributed by atoms with Crippen molar-refractivity contribution < 1.29 is 4.79 Å². The van der Waals surface area contributed by atoms with E-state index in [1.807, 2.05) is 31.2 Å². The molecule has 0 saturated carbocycles. The zero-order valence-electron chi connectivity index (χ0n) is 15.3. The lowest BCUT2D eigenvalue weighted by atomic mass is 10.1. The molecule has 2 heterocycles. The molecule has 2 aromatic rings. The number of nitrogens with one attached hydrogen (secondary N) is 2. The summed E-state index contributed by atoms with van der Waals surface area (Å²) < 4.78 is 0. The fourth-order valence-corrected chi connectivity index (χ4v) is 3.48. The molecule has 0 spiro atoms. The Hall–Kier alpha value is -2.05. The van der Waals surface area contributed by atoms with E-state index in [-0.39, 0.29) is 12.1 Å². The van der Waals surface area contributed by atoms with Crippen LogP contribution in [0.25, 0.3) is 0 Å². The number of rotatable bonds is 6. The number of carbonyl (C=O) groups excluding carboxylic acids is 1.